The molecule has 2 N–H and O–H groups in total. The molecule has 1 atom stereocenters. The maximum Gasteiger partial charge on any atom is 0.338 e. The second-order valence-electron chi connectivity index (χ2n) is 5.91. The molecule has 28 heavy (non-hydrogen) atoms. The number of carbonyl (C=O) groups is 3. The van der Waals surface area contributed by atoms with Gasteiger partial charge in [0, 0.05) is 17.6 Å². The Kier molecular flexibility index (Phi) is 7.50. The van der Waals surface area contributed by atoms with Crippen LogP contribution in [0.5, 0.6) is 0 Å². The van der Waals surface area contributed by atoms with E-state index < -0.39 is 35.7 Å². The molecule has 4 amide bonds. The number of carbonyl (C=O) groups excluding carboxylic acids is 3. The third kappa shape index (κ3) is 4.67. The summed E-state index contributed by atoms with van der Waals surface area (Å²) in [6.07, 6.45) is 0.608. The number of nitrogens with zero attached hydrogens (tertiary/aromatic N) is 1. The topological polar surface area (TPSA) is 87.7 Å². The van der Waals surface area contributed by atoms with Crippen LogP contribution in [0.2, 0.25) is 0 Å². The molecule has 7 nitrogen and oxygen atoms in total. The van der Waals surface area contributed by atoms with Gasteiger partial charge in [0.05, 0.1) is 12.2 Å². The van der Waals surface area contributed by atoms with Crippen LogP contribution in [-0.4, -0.2) is 41.4 Å². The van der Waals surface area contributed by atoms with Gasteiger partial charge in [0.15, 0.2) is 11.6 Å². The van der Waals surface area contributed by atoms with Crippen LogP contribution in [-0.2, 0) is 9.53 Å². The third-order valence-corrected chi connectivity index (χ3v) is 4.57. The minimum absolute atomic E-state index is 0.0388. The highest BCUT2D eigenvalue weighted by atomic mass is 79.9. The average Bonchev–Trinajstić information content (AvgIpc) is 2.63. The summed E-state index contributed by atoms with van der Waals surface area (Å²) in [6.45, 7) is 3.41. The van der Waals surface area contributed by atoms with Gasteiger partial charge >= 0.3 is 18.0 Å². The molecule has 1 aliphatic rings. The Labute approximate surface area is 169 Å². The fourth-order valence-corrected chi connectivity index (χ4v) is 3.05. The highest BCUT2D eigenvalue weighted by molar-refractivity contribution is 9.09. The van der Waals surface area contributed by atoms with Crippen LogP contribution in [0.25, 0.3) is 0 Å². The summed E-state index contributed by atoms with van der Waals surface area (Å²) >= 11 is 3.23. The summed E-state index contributed by atoms with van der Waals surface area (Å²) in [6, 6.07) is 0.0958. The smallest absolute Gasteiger partial charge is 0.338 e. The molecule has 1 aromatic carbocycles. The maximum absolute atomic E-state index is 13.8. The second kappa shape index (κ2) is 9.63. The lowest BCUT2D eigenvalue weighted by Gasteiger charge is -2.36. The molecule has 0 bridgehead atoms. The van der Waals surface area contributed by atoms with Crippen molar-refractivity contribution in [1.82, 2.24) is 15.5 Å². The van der Waals surface area contributed by atoms with E-state index in [0.717, 1.165) is 17.0 Å². The molecular formula is C18H20BrF2N3O4. The first-order valence-electron chi connectivity index (χ1n) is 8.58. The number of benzene rings is 1. The van der Waals surface area contributed by atoms with Crippen molar-refractivity contribution in [3.63, 3.8) is 0 Å². The minimum Gasteiger partial charge on any atom is -0.463 e. The lowest BCUT2D eigenvalue weighted by atomic mass is 9.94. The molecule has 2 rings (SSSR count). The van der Waals surface area contributed by atoms with Crippen LogP contribution in [0.15, 0.2) is 29.5 Å². The summed E-state index contributed by atoms with van der Waals surface area (Å²) in [4.78, 5) is 38.5. The van der Waals surface area contributed by atoms with Crippen molar-refractivity contribution in [3.05, 3.63) is 46.7 Å². The molecule has 1 heterocycles. The number of rotatable bonds is 6. The van der Waals surface area contributed by atoms with Crippen molar-refractivity contribution >= 4 is 34.0 Å². The Morgan fingerprint density at radius 3 is 2.64 bits per heavy atom. The van der Waals surface area contributed by atoms with Gasteiger partial charge in [-0.15, -0.1) is 0 Å². The predicted molar refractivity (Wildman–Crippen MR) is 101 cm³/mol. The number of halogens is 3. The Balaban J connectivity index is 2.55. The number of urea groups is 2. The summed E-state index contributed by atoms with van der Waals surface area (Å²) in [5, 5.41) is 5.65. The van der Waals surface area contributed by atoms with Crippen molar-refractivity contribution in [2.75, 3.05) is 18.5 Å². The number of hydrogen-bond acceptors (Lipinski definition) is 4. The van der Waals surface area contributed by atoms with Crippen LogP contribution in [0.3, 0.4) is 0 Å². The summed E-state index contributed by atoms with van der Waals surface area (Å²) in [7, 11) is 0. The van der Waals surface area contributed by atoms with Gasteiger partial charge in [-0.25, -0.2) is 28.1 Å². The molecule has 0 radical (unpaired) electrons. The lowest BCUT2D eigenvalue weighted by Crippen LogP contribution is -2.54. The van der Waals surface area contributed by atoms with E-state index in [-0.39, 0.29) is 30.0 Å². The number of imide groups is 1. The Morgan fingerprint density at radius 2 is 2.04 bits per heavy atom. The SMILES string of the molecule is CCOC(=O)C1=C(C)NC(=O)N(C(=O)NCCCBr)C1c1ccc(F)c(F)c1. The minimum atomic E-state index is -1.27. The summed E-state index contributed by atoms with van der Waals surface area (Å²) in [5.74, 6) is -3.02. The van der Waals surface area contributed by atoms with Gasteiger partial charge in [-0.05, 0) is 38.0 Å². The maximum atomic E-state index is 13.8. The van der Waals surface area contributed by atoms with Gasteiger partial charge in [0.25, 0.3) is 0 Å². The molecule has 152 valence electrons. The zero-order valence-corrected chi connectivity index (χ0v) is 16.9. The lowest BCUT2D eigenvalue weighted by molar-refractivity contribution is -0.139. The predicted octanol–water partition coefficient (Wildman–Crippen LogP) is 3.36. The van der Waals surface area contributed by atoms with E-state index in [9.17, 15) is 23.2 Å². The van der Waals surface area contributed by atoms with E-state index in [4.69, 9.17) is 4.74 Å². The van der Waals surface area contributed by atoms with Crippen molar-refractivity contribution in [1.29, 1.82) is 0 Å². The van der Waals surface area contributed by atoms with Gasteiger partial charge in [-0.1, -0.05) is 22.0 Å². The van der Waals surface area contributed by atoms with Gasteiger partial charge in [0.1, 0.15) is 6.04 Å². The van der Waals surface area contributed by atoms with Crippen LogP contribution in [0, 0.1) is 11.6 Å². The fraction of sp³-hybridized carbons (Fsp3) is 0.389. The van der Waals surface area contributed by atoms with E-state index in [2.05, 4.69) is 26.6 Å². The zero-order chi connectivity index (χ0) is 20.8. The second-order valence-corrected chi connectivity index (χ2v) is 6.70. The standard InChI is InChI=1S/C18H20BrF2N3O4/c1-3-28-16(25)14-10(2)23-18(27)24(17(26)22-8-4-7-19)15(14)11-5-6-12(20)13(21)9-11/h5-6,9,15H,3-4,7-8H2,1-2H3,(H,22,26)(H,23,27). The first kappa shape index (κ1) is 21.8. The normalized spacial score (nSPS) is 16.7. The molecular weight excluding hydrogens is 440 g/mol. The molecule has 1 aromatic rings. The van der Waals surface area contributed by atoms with E-state index in [1.807, 2.05) is 0 Å². The molecule has 1 unspecified atom stereocenters. The number of nitrogens with one attached hydrogen (secondary N) is 2. The van der Waals surface area contributed by atoms with E-state index in [1.54, 1.807) is 6.92 Å². The van der Waals surface area contributed by atoms with Gasteiger partial charge < -0.3 is 15.4 Å². The van der Waals surface area contributed by atoms with Crippen LogP contribution < -0.4 is 10.6 Å². The highest BCUT2D eigenvalue weighted by Gasteiger charge is 2.42. The number of hydrogen-bond donors (Lipinski definition) is 2. The molecule has 1 aliphatic heterocycles. The zero-order valence-electron chi connectivity index (χ0n) is 15.4. The van der Waals surface area contributed by atoms with E-state index >= 15 is 0 Å². The van der Waals surface area contributed by atoms with Crippen molar-refractivity contribution < 1.29 is 27.9 Å². The number of amides is 4. The van der Waals surface area contributed by atoms with Gasteiger partial charge in [0.2, 0.25) is 0 Å². The fourth-order valence-electron chi connectivity index (χ4n) is 2.77. The van der Waals surface area contributed by atoms with Crippen LogP contribution >= 0.6 is 15.9 Å². The molecule has 0 aromatic heterocycles. The number of ether oxygens (including phenoxy) is 1. The quantitative estimate of drug-likeness (QED) is 0.387. The highest BCUT2D eigenvalue weighted by Crippen LogP contribution is 2.35. The molecule has 0 saturated heterocycles. The summed E-state index contributed by atoms with van der Waals surface area (Å²) in [5.41, 5.74) is 0.192. The molecule has 10 heteroatoms. The average molecular weight is 460 g/mol. The van der Waals surface area contributed by atoms with Crippen LogP contribution in [0.1, 0.15) is 31.9 Å². The number of alkyl halides is 1. The number of esters is 1. The first-order chi connectivity index (χ1) is 13.3. The van der Waals surface area contributed by atoms with E-state index in [1.165, 1.54) is 13.0 Å². The van der Waals surface area contributed by atoms with Crippen molar-refractivity contribution in [3.8, 4) is 0 Å². The molecule has 0 saturated carbocycles. The Hall–Kier alpha value is -2.49. The largest absolute Gasteiger partial charge is 0.463 e. The molecule has 0 fully saturated rings. The monoisotopic (exact) mass is 459 g/mol. The van der Waals surface area contributed by atoms with Gasteiger partial charge in [-0.3, -0.25) is 0 Å². The molecule has 0 spiro atoms. The molecule has 0 aliphatic carbocycles. The number of allylic oxidation sites excluding steroid dienone is 1. The van der Waals surface area contributed by atoms with Crippen LogP contribution in [0.4, 0.5) is 18.4 Å². The summed E-state index contributed by atoms with van der Waals surface area (Å²) < 4.78 is 32.3. The Morgan fingerprint density at radius 1 is 1.32 bits per heavy atom. The van der Waals surface area contributed by atoms with E-state index in [0.29, 0.717) is 11.8 Å². The van der Waals surface area contributed by atoms with Crippen molar-refractivity contribution in [2.45, 2.75) is 26.3 Å². The Bertz CT molecular complexity index is 816. The van der Waals surface area contributed by atoms with Crippen molar-refractivity contribution in [2.24, 2.45) is 0 Å². The van der Waals surface area contributed by atoms with Gasteiger partial charge in [-0.2, -0.15) is 0 Å². The first-order valence-corrected chi connectivity index (χ1v) is 9.70. The third-order valence-electron chi connectivity index (χ3n) is 4.01.